The average Bonchev–Trinajstić information content (AvgIpc) is 3.26. The van der Waals surface area contributed by atoms with Gasteiger partial charge in [0.15, 0.2) is 12.2 Å². The highest BCUT2D eigenvalue weighted by Crippen LogP contribution is 2.67. The molecule has 1 N–H and O–H groups in total. The van der Waals surface area contributed by atoms with Crippen molar-refractivity contribution in [3.8, 4) is 0 Å². The maximum absolute atomic E-state index is 13.1. The largest absolute Gasteiger partial charge is 0.456 e. The molecule has 0 radical (unpaired) electrons. The van der Waals surface area contributed by atoms with Gasteiger partial charge < -0.3 is 18.9 Å². The molecule has 0 aromatic heterocycles. The minimum Gasteiger partial charge on any atom is -0.456 e. The molecule has 2 heterocycles. The predicted octanol–water partition coefficient (Wildman–Crippen LogP) is 5.33. The first-order valence-corrected chi connectivity index (χ1v) is 18.1. The van der Waals surface area contributed by atoms with E-state index in [4.69, 9.17) is 9.47 Å². The van der Waals surface area contributed by atoms with E-state index in [0.29, 0.717) is 35.8 Å². The number of rotatable bonds is 6. The molecule has 0 unspecified atom stereocenters. The lowest BCUT2D eigenvalue weighted by Crippen LogP contribution is -3.18. The van der Waals surface area contributed by atoms with Crippen LogP contribution in [0.2, 0.25) is 0 Å². The lowest BCUT2D eigenvalue weighted by Gasteiger charge is -2.61. The van der Waals surface area contributed by atoms with Crippen molar-refractivity contribution >= 4 is 11.9 Å². The Morgan fingerprint density at radius 1 is 0.881 bits per heavy atom. The van der Waals surface area contributed by atoms with Gasteiger partial charge in [-0.3, -0.25) is 9.59 Å². The third kappa shape index (κ3) is 5.37. The number of hydrogen-bond donors (Lipinski definition) is 1. The molecule has 10 atom stereocenters. The van der Waals surface area contributed by atoms with Crippen molar-refractivity contribution < 1.29 is 28.4 Å². The minimum absolute atomic E-state index is 0.0342. The van der Waals surface area contributed by atoms with E-state index in [1.54, 1.807) is 11.8 Å². The molecule has 2 aliphatic heterocycles. The lowest BCUT2D eigenvalue weighted by atomic mass is 9.44. The number of quaternary nitrogens is 2. The third-order valence-electron chi connectivity index (χ3n) is 14.3. The normalized spacial score (nSPS) is 45.3. The molecule has 0 spiro atoms. The van der Waals surface area contributed by atoms with Crippen LogP contribution in [0.3, 0.4) is 0 Å². The molecular formula is C36H62N2O4+2. The highest BCUT2D eigenvalue weighted by atomic mass is 16.5. The fraction of sp³-hybridized carbons (Fsp3) is 0.944. The Morgan fingerprint density at radius 2 is 1.60 bits per heavy atom. The van der Waals surface area contributed by atoms with Gasteiger partial charge in [0, 0.05) is 31.6 Å². The van der Waals surface area contributed by atoms with Gasteiger partial charge in [-0.15, -0.1) is 0 Å². The summed E-state index contributed by atoms with van der Waals surface area (Å²) in [4.78, 5) is 27.0. The fourth-order valence-corrected chi connectivity index (χ4v) is 12.2. The van der Waals surface area contributed by atoms with Crippen molar-refractivity contribution in [2.75, 3.05) is 33.2 Å². The number of esters is 2. The number of hydrogen-bond acceptors (Lipinski definition) is 4. The SMILES string of the molecule is CCCC(=O)O[C@@H]1[C@@H]([N+]2(C)CCCCC2)C[C@H]2[C@@H]3CC[C@H]4C[C@H](OC(C)=O)[C@@H]([NH+]5CCCCC5)C[C@]4(C)[C@H]3CC[C@]12C. The molecule has 0 aromatic carbocycles. The van der Waals surface area contributed by atoms with Gasteiger partial charge in [0.1, 0.15) is 12.1 Å². The van der Waals surface area contributed by atoms with Gasteiger partial charge in [-0.2, -0.15) is 0 Å². The maximum atomic E-state index is 13.1. The van der Waals surface area contributed by atoms with Gasteiger partial charge in [-0.25, -0.2) is 0 Å². The average molecular weight is 587 g/mol. The summed E-state index contributed by atoms with van der Waals surface area (Å²) in [5.41, 5.74) is 0.398. The van der Waals surface area contributed by atoms with Crippen LogP contribution in [0.25, 0.3) is 0 Å². The van der Waals surface area contributed by atoms with Crippen LogP contribution in [0.15, 0.2) is 0 Å². The molecular weight excluding hydrogens is 524 g/mol. The number of carbonyl (C=O) groups excluding carboxylic acids is 2. The monoisotopic (exact) mass is 586 g/mol. The Labute approximate surface area is 256 Å². The van der Waals surface area contributed by atoms with Gasteiger partial charge in [-0.05, 0) is 106 Å². The van der Waals surface area contributed by atoms with Crippen LogP contribution >= 0.6 is 0 Å². The molecule has 0 bridgehead atoms. The number of piperidine rings is 2. The number of ether oxygens (including phenoxy) is 2. The Hall–Kier alpha value is -1.14. The van der Waals surface area contributed by atoms with E-state index >= 15 is 0 Å². The summed E-state index contributed by atoms with van der Waals surface area (Å²) in [5.74, 6) is 2.68. The van der Waals surface area contributed by atoms with Crippen molar-refractivity contribution in [1.29, 1.82) is 0 Å². The van der Waals surface area contributed by atoms with E-state index < -0.39 is 0 Å². The van der Waals surface area contributed by atoms with Crippen LogP contribution in [-0.4, -0.2) is 73.9 Å². The Kier molecular flexibility index (Phi) is 8.81. The maximum Gasteiger partial charge on any atom is 0.306 e. The number of nitrogens with one attached hydrogen (secondary N) is 1. The molecule has 2 saturated heterocycles. The number of carbonyl (C=O) groups is 2. The zero-order chi connectivity index (χ0) is 29.7. The summed E-state index contributed by atoms with van der Waals surface area (Å²) in [6, 6.07) is 0.884. The third-order valence-corrected chi connectivity index (χ3v) is 14.3. The molecule has 4 aliphatic carbocycles. The summed E-state index contributed by atoms with van der Waals surface area (Å²) in [6.45, 7) is 13.8. The van der Waals surface area contributed by atoms with Crippen LogP contribution in [0.4, 0.5) is 0 Å². The second-order valence-corrected chi connectivity index (χ2v) is 16.6. The van der Waals surface area contributed by atoms with Crippen molar-refractivity contribution in [2.45, 2.75) is 148 Å². The highest BCUT2D eigenvalue weighted by Gasteiger charge is 2.67. The molecule has 4 saturated carbocycles. The molecule has 6 heteroatoms. The van der Waals surface area contributed by atoms with E-state index in [0.717, 1.165) is 29.2 Å². The predicted molar refractivity (Wildman–Crippen MR) is 165 cm³/mol. The molecule has 6 nitrogen and oxygen atoms in total. The summed E-state index contributed by atoms with van der Waals surface area (Å²) < 4.78 is 13.8. The van der Waals surface area contributed by atoms with E-state index in [2.05, 4.69) is 27.8 Å². The molecule has 6 aliphatic rings. The topological polar surface area (TPSA) is 57.0 Å². The van der Waals surface area contributed by atoms with Gasteiger partial charge in [0.05, 0.1) is 33.2 Å². The second-order valence-electron chi connectivity index (χ2n) is 16.6. The molecule has 238 valence electrons. The lowest BCUT2D eigenvalue weighted by molar-refractivity contribution is -0.940. The van der Waals surface area contributed by atoms with E-state index in [9.17, 15) is 9.59 Å². The van der Waals surface area contributed by atoms with Crippen molar-refractivity contribution in [3.05, 3.63) is 0 Å². The van der Waals surface area contributed by atoms with E-state index in [-0.39, 0.29) is 29.6 Å². The Balaban J connectivity index is 1.29. The van der Waals surface area contributed by atoms with Crippen molar-refractivity contribution in [3.63, 3.8) is 0 Å². The van der Waals surface area contributed by atoms with Gasteiger partial charge in [0.25, 0.3) is 0 Å². The molecule has 6 rings (SSSR count). The Bertz CT molecular complexity index is 989. The zero-order valence-electron chi connectivity index (χ0n) is 27.6. The van der Waals surface area contributed by atoms with Gasteiger partial charge in [0.2, 0.25) is 0 Å². The fourth-order valence-electron chi connectivity index (χ4n) is 12.2. The van der Waals surface area contributed by atoms with Gasteiger partial charge >= 0.3 is 11.9 Å². The highest BCUT2D eigenvalue weighted by molar-refractivity contribution is 5.69. The zero-order valence-corrected chi connectivity index (χ0v) is 27.6. The molecule has 0 aromatic rings. The molecule has 42 heavy (non-hydrogen) atoms. The number of likely N-dealkylation sites (tertiary alicyclic amines) is 2. The molecule has 6 fully saturated rings. The number of nitrogens with zero attached hydrogens (tertiary/aromatic N) is 1. The summed E-state index contributed by atoms with van der Waals surface area (Å²) in [6.07, 6.45) is 18.0. The first kappa shape index (κ1) is 30.9. The van der Waals surface area contributed by atoms with Crippen LogP contribution in [0.5, 0.6) is 0 Å². The quantitative estimate of drug-likeness (QED) is 0.338. The van der Waals surface area contributed by atoms with E-state index in [1.807, 2.05) is 0 Å². The summed E-state index contributed by atoms with van der Waals surface area (Å²) in [7, 11) is 2.49. The smallest absolute Gasteiger partial charge is 0.306 e. The molecule has 0 amide bonds. The first-order chi connectivity index (χ1) is 20.1. The van der Waals surface area contributed by atoms with Crippen LogP contribution in [-0.2, 0) is 19.1 Å². The standard InChI is InChI=1S/C36H61N2O4/c1-6-13-33(40)42-34-31(38(5)20-11-8-12-21-38)23-29-27-15-14-26-22-32(41-25(2)39)30(37-18-9-7-10-19-37)24-36(26,4)28(27)16-17-35(29,34)3/h26-32,34H,6-24H2,1-5H3/q+1/p+1/t26-,27+,28-,29-,30-,31-,32-,34+,35-,36-/m0/s1. The second kappa shape index (κ2) is 12.0. The first-order valence-electron chi connectivity index (χ1n) is 18.1. The summed E-state index contributed by atoms with van der Waals surface area (Å²) in [5, 5.41) is 0. The summed E-state index contributed by atoms with van der Waals surface area (Å²) >= 11 is 0. The van der Waals surface area contributed by atoms with Crippen molar-refractivity contribution in [1.82, 2.24) is 0 Å². The van der Waals surface area contributed by atoms with Crippen LogP contribution in [0, 0.1) is 34.5 Å². The Morgan fingerprint density at radius 3 is 2.29 bits per heavy atom. The van der Waals surface area contributed by atoms with Crippen LogP contribution < -0.4 is 4.90 Å². The number of fused-ring (bicyclic) bond motifs is 5. The minimum atomic E-state index is -0.0953. The number of likely N-dealkylation sites (N-methyl/N-ethyl adjacent to an activating group) is 1. The van der Waals surface area contributed by atoms with Crippen molar-refractivity contribution in [2.24, 2.45) is 34.5 Å². The van der Waals surface area contributed by atoms with E-state index in [1.165, 1.54) is 103 Å². The van der Waals surface area contributed by atoms with Crippen LogP contribution in [0.1, 0.15) is 124 Å². The van der Waals surface area contributed by atoms with Gasteiger partial charge in [-0.1, -0.05) is 20.8 Å².